The fourth-order valence-corrected chi connectivity index (χ4v) is 9.04. The Morgan fingerprint density at radius 3 is 1.17 bits per heavy atom. The molecular formula is C56H50N8O2. The van der Waals surface area contributed by atoms with Gasteiger partial charge in [0.2, 0.25) is 11.8 Å². The zero-order chi connectivity index (χ0) is 45.1. The van der Waals surface area contributed by atoms with Crippen LogP contribution in [0.15, 0.2) is 177 Å². The molecule has 0 spiro atoms. The van der Waals surface area contributed by atoms with Gasteiger partial charge in [-0.1, -0.05) is 60.7 Å². The standard InChI is InChI=1S/C56H50N8O2/c1-35-7-29-53-49(31-35)57-55(65-53)41-17-25-45(26-18-41)63-51(39-13-21-43(22-14-39)61(3)4)33-47(59-63)37-9-11-38(12-10-37)48-34-52(40-15-23-44(24-16-40)62(5)6)64(60-48)46-27-19-42(20-28-46)56-58-50-32-36(2)8-30-54(50)66-56/h7-32,51-52H,33-34H2,1-6H3. The number of anilines is 4. The van der Waals surface area contributed by atoms with Gasteiger partial charge in [0, 0.05) is 63.5 Å². The number of benzene rings is 7. The van der Waals surface area contributed by atoms with Crippen molar-refractivity contribution in [2.45, 2.75) is 38.8 Å². The Kier molecular flexibility index (Phi) is 10.2. The Morgan fingerprint density at radius 2 is 0.803 bits per heavy atom. The minimum Gasteiger partial charge on any atom is -0.436 e. The Labute approximate surface area is 384 Å². The smallest absolute Gasteiger partial charge is 0.227 e. The number of oxazole rings is 2. The molecule has 0 fully saturated rings. The Hall–Kier alpha value is -7.98. The number of rotatable bonds is 10. The van der Waals surface area contributed by atoms with Crippen LogP contribution in [0.4, 0.5) is 22.7 Å². The van der Waals surface area contributed by atoms with E-state index in [1.54, 1.807) is 0 Å². The average Bonchev–Trinajstić information content (AvgIpc) is 4.17. The number of hydrogen-bond donors (Lipinski definition) is 0. The van der Waals surface area contributed by atoms with Gasteiger partial charge in [0.1, 0.15) is 11.0 Å². The fraction of sp³-hybridized carbons (Fsp3) is 0.179. The molecule has 0 saturated heterocycles. The molecule has 0 N–H and O–H groups in total. The second kappa shape index (κ2) is 16.5. The van der Waals surface area contributed by atoms with E-state index in [4.69, 9.17) is 29.0 Å². The Bertz CT molecular complexity index is 3050. The summed E-state index contributed by atoms with van der Waals surface area (Å²) in [5.41, 5.74) is 18.4. The van der Waals surface area contributed by atoms with Gasteiger partial charge in [0.15, 0.2) is 11.2 Å². The number of fused-ring (bicyclic) bond motifs is 2. The molecule has 0 bridgehead atoms. The molecular weight excluding hydrogens is 817 g/mol. The van der Waals surface area contributed by atoms with Gasteiger partial charge in [-0.15, -0.1) is 0 Å². The van der Waals surface area contributed by atoms with Crippen LogP contribution < -0.4 is 19.8 Å². The lowest BCUT2D eigenvalue weighted by molar-refractivity contribution is 0.619. The average molecular weight is 867 g/mol. The molecule has 10 heteroatoms. The van der Waals surface area contributed by atoms with Crippen LogP contribution in [0.5, 0.6) is 0 Å². The second-order valence-electron chi connectivity index (χ2n) is 17.8. The van der Waals surface area contributed by atoms with E-state index in [1.807, 2.05) is 24.3 Å². The van der Waals surface area contributed by atoms with Gasteiger partial charge < -0.3 is 18.6 Å². The molecule has 2 aromatic heterocycles. The number of aromatic nitrogens is 2. The van der Waals surface area contributed by atoms with E-state index in [0.717, 1.165) is 103 Å². The quantitative estimate of drug-likeness (QED) is 0.134. The molecule has 2 atom stereocenters. The van der Waals surface area contributed by atoms with Crippen LogP contribution in [0.3, 0.4) is 0 Å². The van der Waals surface area contributed by atoms with E-state index < -0.39 is 0 Å². The van der Waals surface area contributed by atoms with Gasteiger partial charge in [-0.25, -0.2) is 9.97 Å². The SMILES string of the molecule is Cc1ccc2oc(-c3ccc(N4N=C(c5ccc(C6=NN(c7ccc(-c8nc9cc(C)ccc9o8)cc7)C(c7ccc(N(C)C)cc7)C6)cc5)CC4c4ccc(N(C)C)cc4)cc3)nc2c1. The van der Waals surface area contributed by atoms with Crippen molar-refractivity contribution >= 4 is 56.4 Å². The molecule has 2 aliphatic heterocycles. The summed E-state index contributed by atoms with van der Waals surface area (Å²) in [6.07, 6.45) is 1.51. The van der Waals surface area contributed by atoms with E-state index in [9.17, 15) is 0 Å². The molecule has 7 aromatic carbocycles. The summed E-state index contributed by atoms with van der Waals surface area (Å²) in [5.74, 6) is 1.22. The van der Waals surface area contributed by atoms with Crippen molar-refractivity contribution in [2.24, 2.45) is 10.2 Å². The molecule has 0 saturated carbocycles. The summed E-state index contributed by atoms with van der Waals surface area (Å²) in [7, 11) is 8.27. The van der Waals surface area contributed by atoms with E-state index in [-0.39, 0.29) is 12.1 Å². The predicted molar refractivity (Wildman–Crippen MR) is 269 cm³/mol. The summed E-state index contributed by atoms with van der Waals surface area (Å²) < 4.78 is 12.3. The van der Waals surface area contributed by atoms with Crippen LogP contribution >= 0.6 is 0 Å². The minimum absolute atomic E-state index is 0.0136. The van der Waals surface area contributed by atoms with Crippen molar-refractivity contribution in [1.82, 2.24) is 9.97 Å². The van der Waals surface area contributed by atoms with Gasteiger partial charge in [0.05, 0.1) is 34.9 Å². The highest BCUT2D eigenvalue weighted by Crippen LogP contribution is 2.41. The molecule has 4 heterocycles. The highest BCUT2D eigenvalue weighted by molar-refractivity contribution is 6.06. The number of hydrogen-bond acceptors (Lipinski definition) is 10. The van der Waals surface area contributed by atoms with E-state index >= 15 is 0 Å². The van der Waals surface area contributed by atoms with Crippen LogP contribution in [0.25, 0.3) is 45.1 Å². The molecule has 0 amide bonds. The number of aryl methyl sites for hydroxylation is 2. The van der Waals surface area contributed by atoms with Gasteiger partial charge in [-0.3, -0.25) is 10.0 Å². The van der Waals surface area contributed by atoms with Crippen LogP contribution in [0.1, 0.15) is 58.3 Å². The summed E-state index contributed by atoms with van der Waals surface area (Å²) in [4.78, 5) is 13.8. The highest BCUT2D eigenvalue weighted by Gasteiger charge is 2.32. The molecule has 10 nitrogen and oxygen atoms in total. The highest BCUT2D eigenvalue weighted by atomic mass is 16.4. The molecule has 66 heavy (non-hydrogen) atoms. The predicted octanol–water partition coefficient (Wildman–Crippen LogP) is 12.8. The topological polar surface area (TPSA) is 89.7 Å². The maximum absolute atomic E-state index is 6.14. The largest absolute Gasteiger partial charge is 0.436 e. The lowest BCUT2D eigenvalue weighted by atomic mass is 9.95. The number of nitrogens with zero attached hydrogens (tertiary/aromatic N) is 8. The zero-order valence-electron chi connectivity index (χ0n) is 38.0. The Balaban J connectivity index is 0.887. The maximum Gasteiger partial charge on any atom is 0.227 e. The maximum atomic E-state index is 6.14. The van der Waals surface area contributed by atoms with Crippen LogP contribution in [-0.4, -0.2) is 49.6 Å². The molecule has 9 aromatic rings. The van der Waals surface area contributed by atoms with E-state index in [1.165, 1.54) is 11.1 Å². The van der Waals surface area contributed by atoms with E-state index in [0.29, 0.717) is 11.8 Å². The second-order valence-corrected chi connectivity index (χ2v) is 17.8. The first-order valence-corrected chi connectivity index (χ1v) is 22.4. The van der Waals surface area contributed by atoms with Gasteiger partial charge in [-0.2, -0.15) is 10.2 Å². The lowest BCUT2D eigenvalue weighted by Gasteiger charge is -2.24. The monoisotopic (exact) mass is 866 g/mol. The van der Waals surface area contributed by atoms with Crippen LogP contribution in [0, 0.1) is 13.8 Å². The van der Waals surface area contributed by atoms with Crippen LogP contribution in [-0.2, 0) is 0 Å². The fourth-order valence-electron chi connectivity index (χ4n) is 9.04. The zero-order valence-corrected chi connectivity index (χ0v) is 38.0. The molecule has 0 aliphatic carbocycles. The summed E-state index contributed by atoms with van der Waals surface area (Å²) in [5, 5.41) is 15.0. The first kappa shape index (κ1) is 40.8. The first-order chi connectivity index (χ1) is 32.1. The van der Waals surface area contributed by atoms with Gasteiger partial charge in [-0.05, 0) is 144 Å². The number of hydrazone groups is 2. The third-order valence-electron chi connectivity index (χ3n) is 12.8. The summed E-state index contributed by atoms with van der Waals surface area (Å²) >= 11 is 0. The Morgan fingerprint density at radius 1 is 0.439 bits per heavy atom. The minimum atomic E-state index is 0.0136. The third kappa shape index (κ3) is 7.74. The summed E-state index contributed by atoms with van der Waals surface area (Å²) in [6.45, 7) is 4.13. The molecule has 2 unspecified atom stereocenters. The lowest BCUT2D eigenvalue weighted by Crippen LogP contribution is -2.18. The molecule has 0 radical (unpaired) electrons. The van der Waals surface area contributed by atoms with Gasteiger partial charge in [0.25, 0.3) is 0 Å². The van der Waals surface area contributed by atoms with Crippen molar-refractivity contribution < 1.29 is 8.83 Å². The van der Waals surface area contributed by atoms with Crippen LogP contribution in [0.2, 0.25) is 0 Å². The van der Waals surface area contributed by atoms with Crippen molar-refractivity contribution in [1.29, 1.82) is 0 Å². The molecule has 11 rings (SSSR count). The first-order valence-electron chi connectivity index (χ1n) is 22.4. The molecule has 326 valence electrons. The van der Waals surface area contributed by atoms with Crippen molar-refractivity contribution in [3.63, 3.8) is 0 Å². The summed E-state index contributed by atoms with van der Waals surface area (Å²) in [6, 6.07) is 55.4. The normalized spacial score (nSPS) is 16.0. The van der Waals surface area contributed by atoms with Crippen molar-refractivity contribution in [2.75, 3.05) is 48.0 Å². The van der Waals surface area contributed by atoms with Gasteiger partial charge >= 0.3 is 0 Å². The third-order valence-corrected chi connectivity index (χ3v) is 12.8. The molecule has 2 aliphatic rings. The van der Waals surface area contributed by atoms with Crippen molar-refractivity contribution in [3.8, 4) is 22.9 Å². The van der Waals surface area contributed by atoms with Crippen molar-refractivity contribution in [3.05, 3.63) is 191 Å². The van der Waals surface area contributed by atoms with E-state index in [2.05, 4.69) is 195 Å².